The van der Waals surface area contributed by atoms with Crippen LogP contribution in [0.25, 0.3) is 27.8 Å². The molecule has 2 spiro atoms. The van der Waals surface area contributed by atoms with Gasteiger partial charge in [-0.2, -0.15) is 0 Å². The molecule has 10 rings (SSSR count). The Morgan fingerprint density at radius 2 is 1.11 bits per heavy atom. The molecule has 0 aromatic heterocycles. The zero-order chi connectivity index (χ0) is 37.3. The molecule has 0 saturated heterocycles. The van der Waals surface area contributed by atoms with E-state index >= 15 is 0 Å². The van der Waals surface area contributed by atoms with Crippen LogP contribution in [0, 0.1) is 12.8 Å². The molecule has 2 heterocycles. The number of esters is 2. The van der Waals surface area contributed by atoms with Gasteiger partial charge < -0.3 is 28.8 Å². The number of aliphatic hydroxyl groups is 1. The minimum Gasteiger partial charge on any atom is -0.500 e. The third kappa shape index (κ3) is 3.84. The van der Waals surface area contributed by atoms with Crippen molar-refractivity contribution in [2.45, 2.75) is 31.2 Å². The van der Waals surface area contributed by atoms with Gasteiger partial charge >= 0.3 is 11.9 Å². The molecule has 1 N–H and O–H groups in total. The molecular formula is C46H36O8. The highest BCUT2D eigenvalue weighted by Crippen LogP contribution is 2.63. The third-order valence-corrected chi connectivity index (χ3v) is 12.1. The van der Waals surface area contributed by atoms with Gasteiger partial charge in [0.25, 0.3) is 0 Å². The van der Waals surface area contributed by atoms with Crippen molar-refractivity contribution in [3.8, 4) is 22.3 Å². The number of ether oxygens (including phenoxy) is 5. The van der Waals surface area contributed by atoms with E-state index in [4.69, 9.17) is 23.7 Å². The lowest BCUT2D eigenvalue weighted by Gasteiger charge is -2.34. The molecule has 5 aromatic carbocycles. The van der Waals surface area contributed by atoms with Crippen LogP contribution in [0.5, 0.6) is 0 Å². The Bertz CT molecular complexity index is 2600. The number of hydrogen-bond acceptors (Lipinski definition) is 8. The second-order valence-corrected chi connectivity index (χ2v) is 14.6. The smallest absolute Gasteiger partial charge is 0.340 e. The van der Waals surface area contributed by atoms with Crippen LogP contribution >= 0.6 is 0 Å². The molecule has 3 aliphatic carbocycles. The number of rotatable bonds is 5. The zero-order valence-electron chi connectivity index (χ0n) is 30.4. The Balaban J connectivity index is 1.27. The largest absolute Gasteiger partial charge is 0.500 e. The van der Waals surface area contributed by atoms with Gasteiger partial charge in [0.2, 0.25) is 0 Å². The summed E-state index contributed by atoms with van der Waals surface area (Å²) >= 11 is 0. The van der Waals surface area contributed by atoms with E-state index in [0.717, 1.165) is 77.9 Å². The molecule has 268 valence electrons. The van der Waals surface area contributed by atoms with Gasteiger partial charge in [-0.05, 0) is 72.0 Å². The molecule has 8 heteroatoms. The van der Waals surface area contributed by atoms with E-state index in [1.54, 1.807) is 27.4 Å². The molecule has 0 radical (unpaired) electrons. The first-order chi connectivity index (χ1) is 26.2. The van der Waals surface area contributed by atoms with Crippen molar-refractivity contribution in [2.75, 3.05) is 27.9 Å². The van der Waals surface area contributed by atoms with Gasteiger partial charge in [-0.1, -0.05) is 72.3 Å². The summed E-state index contributed by atoms with van der Waals surface area (Å²) in [6.45, 7) is 3.73. The standard InChI is InChI=1S/C46H36O8/c1-23-14-16-26-30-20-38-31(21-37(30)45(35(26)18-23)33-12-8-6-10-28(33)43(48)53-45)27-17-15-25(19-36(27)46(38)34-13-9-7-11-29(34)44(49)54-46)39-32(22-47)40(50-3)24(2)41(51-4)42(39)52-5/h6-21,32,41,47H,22H2,1-5H3. The Hall–Kier alpha value is -5.96. The fourth-order valence-electron chi connectivity index (χ4n) is 9.94. The normalized spacial score (nSPS) is 23.9. The van der Waals surface area contributed by atoms with E-state index in [1.165, 1.54) is 0 Å². The van der Waals surface area contributed by atoms with Gasteiger partial charge in [0.05, 0.1) is 37.9 Å². The summed E-state index contributed by atoms with van der Waals surface area (Å²) in [7, 11) is 4.82. The van der Waals surface area contributed by atoms with E-state index < -0.39 is 29.2 Å². The lowest BCUT2D eigenvalue weighted by molar-refractivity contribution is 0.0249. The van der Waals surface area contributed by atoms with Crippen LogP contribution in [0.15, 0.2) is 114 Å². The van der Waals surface area contributed by atoms with Gasteiger partial charge in [0.1, 0.15) is 17.6 Å². The Morgan fingerprint density at radius 1 is 0.593 bits per heavy atom. The number of carbonyl (C=O) groups excluding carboxylic acids is 2. The molecule has 4 unspecified atom stereocenters. The van der Waals surface area contributed by atoms with Crippen molar-refractivity contribution in [1.29, 1.82) is 0 Å². The fourth-order valence-corrected chi connectivity index (χ4v) is 9.94. The third-order valence-electron chi connectivity index (χ3n) is 12.1. The summed E-state index contributed by atoms with van der Waals surface area (Å²) in [5.41, 5.74) is 10.5. The molecule has 5 aliphatic rings. The summed E-state index contributed by atoms with van der Waals surface area (Å²) in [5.74, 6) is -0.137. The SMILES string of the molecule is COC1=C(C)C(OC)C(OC)=C(c2ccc3c(c2)C2(OC(=O)c4ccccc42)c2cc4c(cc2-3)C2(OC(=O)c3ccccc32)c2cc(C)ccc2-4)C1CO. The van der Waals surface area contributed by atoms with E-state index in [-0.39, 0.29) is 12.6 Å². The number of fused-ring (bicyclic) bond motifs is 14. The highest BCUT2D eigenvalue weighted by atomic mass is 16.6. The predicted molar refractivity (Wildman–Crippen MR) is 201 cm³/mol. The van der Waals surface area contributed by atoms with Crippen molar-refractivity contribution in [2.24, 2.45) is 5.92 Å². The van der Waals surface area contributed by atoms with Crippen LogP contribution in [0.1, 0.15) is 72.1 Å². The number of methoxy groups -OCH3 is 3. The van der Waals surface area contributed by atoms with E-state index in [9.17, 15) is 14.7 Å². The van der Waals surface area contributed by atoms with Crippen LogP contribution in [-0.4, -0.2) is 51.1 Å². The number of carbonyl (C=O) groups is 2. The van der Waals surface area contributed by atoms with Gasteiger partial charge in [-0.25, -0.2) is 9.59 Å². The maximum atomic E-state index is 13.9. The Kier molecular flexibility index (Phi) is 6.82. The van der Waals surface area contributed by atoms with Crippen molar-refractivity contribution in [1.82, 2.24) is 0 Å². The summed E-state index contributed by atoms with van der Waals surface area (Å²) in [4.78, 5) is 27.5. The van der Waals surface area contributed by atoms with Gasteiger partial charge in [0.15, 0.2) is 11.2 Å². The first-order valence-corrected chi connectivity index (χ1v) is 18.0. The fraction of sp³-hybridized carbons (Fsp3) is 0.217. The summed E-state index contributed by atoms with van der Waals surface area (Å²) in [5, 5.41) is 10.9. The minimum absolute atomic E-state index is 0.229. The number of benzene rings is 5. The quantitative estimate of drug-likeness (QED) is 0.184. The summed E-state index contributed by atoms with van der Waals surface area (Å²) in [6.07, 6.45) is -0.535. The Morgan fingerprint density at radius 3 is 1.65 bits per heavy atom. The average molecular weight is 717 g/mol. The number of aliphatic hydroxyl groups excluding tert-OH is 1. The van der Waals surface area contributed by atoms with Crippen molar-refractivity contribution in [3.05, 3.63) is 170 Å². The molecule has 54 heavy (non-hydrogen) atoms. The molecule has 0 saturated carbocycles. The molecule has 0 fully saturated rings. The van der Waals surface area contributed by atoms with Crippen LogP contribution < -0.4 is 0 Å². The van der Waals surface area contributed by atoms with Gasteiger partial charge in [0, 0.05) is 51.6 Å². The number of aryl methyl sites for hydroxylation is 1. The molecule has 4 atom stereocenters. The topological polar surface area (TPSA) is 101 Å². The maximum Gasteiger partial charge on any atom is 0.340 e. The van der Waals surface area contributed by atoms with Crippen LogP contribution in [0.2, 0.25) is 0 Å². The van der Waals surface area contributed by atoms with Crippen LogP contribution in [0.3, 0.4) is 0 Å². The average Bonchev–Trinajstić information content (AvgIpc) is 3.85. The van der Waals surface area contributed by atoms with Crippen molar-refractivity contribution < 1.29 is 38.4 Å². The molecule has 2 aliphatic heterocycles. The molecular weight excluding hydrogens is 680 g/mol. The van der Waals surface area contributed by atoms with E-state index in [2.05, 4.69) is 30.3 Å². The molecule has 0 amide bonds. The lowest BCUT2D eigenvalue weighted by atomic mass is 9.78. The molecule has 5 aromatic rings. The highest BCUT2D eigenvalue weighted by molar-refractivity contribution is 6.03. The van der Waals surface area contributed by atoms with Gasteiger partial charge in [-0.3, -0.25) is 0 Å². The first-order valence-electron chi connectivity index (χ1n) is 18.0. The second-order valence-electron chi connectivity index (χ2n) is 14.6. The van der Waals surface area contributed by atoms with E-state index in [0.29, 0.717) is 22.6 Å². The zero-order valence-corrected chi connectivity index (χ0v) is 30.4. The second kappa shape index (κ2) is 11.3. The first kappa shape index (κ1) is 32.7. The van der Waals surface area contributed by atoms with Crippen LogP contribution in [0.4, 0.5) is 0 Å². The summed E-state index contributed by atoms with van der Waals surface area (Å²) in [6, 6.07) is 31.8. The minimum atomic E-state index is -1.29. The van der Waals surface area contributed by atoms with E-state index in [1.807, 2.05) is 74.5 Å². The van der Waals surface area contributed by atoms with Crippen LogP contribution in [-0.2, 0) is 34.9 Å². The lowest BCUT2D eigenvalue weighted by Crippen LogP contribution is -2.31. The molecule has 8 nitrogen and oxygen atoms in total. The monoisotopic (exact) mass is 716 g/mol. The number of hydrogen-bond donors (Lipinski definition) is 1. The molecule has 0 bridgehead atoms. The van der Waals surface area contributed by atoms with Crippen molar-refractivity contribution >= 4 is 17.5 Å². The van der Waals surface area contributed by atoms with Gasteiger partial charge in [-0.15, -0.1) is 0 Å². The highest BCUT2D eigenvalue weighted by Gasteiger charge is 2.58. The predicted octanol–water partition coefficient (Wildman–Crippen LogP) is 7.80. The maximum absolute atomic E-state index is 13.9. The Labute approximate surface area is 312 Å². The van der Waals surface area contributed by atoms with Crippen molar-refractivity contribution in [3.63, 3.8) is 0 Å². The summed E-state index contributed by atoms with van der Waals surface area (Å²) < 4.78 is 31.0.